The van der Waals surface area contributed by atoms with Crippen molar-refractivity contribution in [1.82, 2.24) is 0 Å². The van der Waals surface area contributed by atoms with Crippen LogP contribution in [-0.2, 0) is 4.79 Å². The van der Waals surface area contributed by atoms with Gasteiger partial charge >= 0.3 is 0 Å². The van der Waals surface area contributed by atoms with E-state index < -0.39 is 11.2 Å². The van der Waals surface area contributed by atoms with Gasteiger partial charge in [-0.25, -0.2) is 0 Å². The van der Waals surface area contributed by atoms with E-state index in [4.69, 9.17) is 0 Å². The zero-order valence-corrected chi connectivity index (χ0v) is 12.5. The lowest BCUT2D eigenvalue weighted by Gasteiger charge is -2.17. The number of thioether (sulfide) groups is 1. The van der Waals surface area contributed by atoms with E-state index in [0.717, 1.165) is 17.7 Å². The molecular formula is C16H23O2S-. The number of carboxylic acids is 1. The van der Waals surface area contributed by atoms with Crippen molar-refractivity contribution >= 4 is 17.7 Å². The Hall–Kier alpha value is -0.960. The number of hydrogen-bond acceptors (Lipinski definition) is 3. The predicted octanol–water partition coefficient (Wildman–Crippen LogP) is 3.65. The van der Waals surface area contributed by atoms with Crippen molar-refractivity contribution in [3.05, 3.63) is 30.3 Å². The van der Waals surface area contributed by atoms with Gasteiger partial charge in [0.05, 0.1) is 5.97 Å². The van der Waals surface area contributed by atoms with Crippen molar-refractivity contribution in [1.29, 1.82) is 0 Å². The lowest BCUT2D eigenvalue weighted by molar-refractivity contribution is -0.304. The van der Waals surface area contributed by atoms with Gasteiger partial charge < -0.3 is 9.90 Å². The molecule has 0 N–H and O–H groups in total. The molecule has 0 bridgehead atoms. The predicted molar refractivity (Wildman–Crippen MR) is 79.1 cm³/mol. The zero-order valence-electron chi connectivity index (χ0n) is 11.6. The second kappa shape index (κ2) is 9.90. The Labute approximate surface area is 120 Å². The summed E-state index contributed by atoms with van der Waals surface area (Å²) >= 11 is 1.40. The molecule has 0 aromatic heterocycles. The highest BCUT2D eigenvalue weighted by Gasteiger charge is 2.11. The molecule has 3 heteroatoms. The van der Waals surface area contributed by atoms with E-state index in [1.54, 1.807) is 0 Å². The Bertz CT molecular complexity index is 351. The molecule has 1 unspecified atom stereocenters. The molecule has 0 heterocycles. The van der Waals surface area contributed by atoms with E-state index in [0.29, 0.717) is 6.42 Å². The van der Waals surface area contributed by atoms with Gasteiger partial charge in [-0.2, -0.15) is 0 Å². The molecule has 0 fully saturated rings. The molecule has 0 aliphatic heterocycles. The van der Waals surface area contributed by atoms with Gasteiger partial charge in [0, 0.05) is 10.1 Å². The van der Waals surface area contributed by atoms with Crippen LogP contribution in [-0.4, -0.2) is 11.2 Å². The van der Waals surface area contributed by atoms with Crippen molar-refractivity contribution in [3.8, 4) is 0 Å². The van der Waals surface area contributed by atoms with Crippen LogP contribution in [0.2, 0.25) is 0 Å². The first-order chi connectivity index (χ1) is 9.24. The Morgan fingerprint density at radius 3 is 2.37 bits per heavy atom. The molecule has 19 heavy (non-hydrogen) atoms. The number of carboxylic acid groups (broad SMARTS) is 1. The van der Waals surface area contributed by atoms with Crippen LogP contribution in [0, 0.1) is 0 Å². The molecular weight excluding hydrogens is 256 g/mol. The number of carbonyl (C=O) groups is 1. The Kier molecular flexibility index (Phi) is 8.39. The molecule has 1 atom stereocenters. The van der Waals surface area contributed by atoms with E-state index >= 15 is 0 Å². The molecule has 2 nitrogen and oxygen atoms in total. The molecule has 0 amide bonds. The summed E-state index contributed by atoms with van der Waals surface area (Å²) in [4.78, 5) is 12.1. The molecule has 0 saturated carbocycles. The summed E-state index contributed by atoms with van der Waals surface area (Å²) in [5, 5.41) is 10.7. The average molecular weight is 279 g/mol. The summed E-state index contributed by atoms with van der Waals surface area (Å²) in [7, 11) is 0. The van der Waals surface area contributed by atoms with Gasteiger partial charge in [0.25, 0.3) is 0 Å². The summed E-state index contributed by atoms with van der Waals surface area (Å²) < 4.78 is 0. The first-order valence-electron chi connectivity index (χ1n) is 7.16. The maximum Gasteiger partial charge on any atom is 0.0548 e. The highest BCUT2D eigenvalue weighted by molar-refractivity contribution is 8.00. The Morgan fingerprint density at radius 1 is 1.11 bits per heavy atom. The summed E-state index contributed by atoms with van der Waals surface area (Å²) in [6.07, 6.45) is 7.80. The van der Waals surface area contributed by atoms with Crippen molar-refractivity contribution < 1.29 is 9.90 Å². The van der Waals surface area contributed by atoms with Crippen molar-refractivity contribution in [2.24, 2.45) is 0 Å². The molecule has 0 saturated heterocycles. The molecule has 0 aliphatic rings. The summed E-state index contributed by atoms with van der Waals surface area (Å²) in [6, 6.07) is 9.69. The first kappa shape index (κ1) is 16.1. The largest absolute Gasteiger partial charge is 0.549 e. The van der Waals surface area contributed by atoms with Crippen LogP contribution in [0.1, 0.15) is 51.9 Å². The van der Waals surface area contributed by atoms with Crippen LogP contribution in [0.3, 0.4) is 0 Å². The van der Waals surface area contributed by atoms with Crippen LogP contribution in [0.5, 0.6) is 0 Å². The topological polar surface area (TPSA) is 40.1 Å². The van der Waals surface area contributed by atoms with Gasteiger partial charge in [-0.1, -0.05) is 63.6 Å². The third-order valence-electron chi connectivity index (χ3n) is 3.10. The maximum atomic E-state index is 11.1. The maximum absolute atomic E-state index is 11.1. The first-order valence-corrected chi connectivity index (χ1v) is 8.04. The quantitative estimate of drug-likeness (QED) is 0.485. The van der Waals surface area contributed by atoms with Gasteiger partial charge in [0.2, 0.25) is 0 Å². The summed E-state index contributed by atoms with van der Waals surface area (Å²) in [5.74, 6) is -0.942. The van der Waals surface area contributed by atoms with E-state index in [9.17, 15) is 9.90 Å². The number of benzene rings is 1. The van der Waals surface area contributed by atoms with E-state index in [1.165, 1.54) is 37.4 Å². The fraction of sp³-hybridized carbons (Fsp3) is 0.562. The van der Waals surface area contributed by atoms with Crippen molar-refractivity contribution in [2.75, 3.05) is 0 Å². The lowest BCUT2D eigenvalue weighted by Crippen LogP contribution is -2.33. The highest BCUT2D eigenvalue weighted by Crippen LogP contribution is 2.26. The molecule has 0 radical (unpaired) electrons. The molecule has 1 aromatic rings. The van der Waals surface area contributed by atoms with Crippen LogP contribution < -0.4 is 5.11 Å². The number of rotatable bonds is 10. The number of aliphatic carboxylic acids is 1. The number of hydrogen-bond donors (Lipinski definition) is 0. The van der Waals surface area contributed by atoms with Gasteiger partial charge in [-0.3, -0.25) is 0 Å². The minimum atomic E-state index is -0.942. The van der Waals surface area contributed by atoms with Gasteiger partial charge in [0.15, 0.2) is 0 Å². The Balaban J connectivity index is 2.27. The lowest BCUT2D eigenvalue weighted by atomic mass is 10.1. The highest BCUT2D eigenvalue weighted by atomic mass is 32.2. The number of unbranched alkanes of at least 4 members (excludes halogenated alkanes) is 5. The minimum Gasteiger partial charge on any atom is -0.549 e. The fourth-order valence-electron chi connectivity index (χ4n) is 2.00. The summed E-state index contributed by atoms with van der Waals surface area (Å²) in [6.45, 7) is 2.20. The van der Waals surface area contributed by atoms with Crippen LogP contribution in [0.4, 0.5) is 0 Å². The molecule has 0 spiro atoms. The third-order valence-corrected chi connectivity index (χ3v) is 4.36. The summed E-state index contributed by atoms with van der Waals surface area (Å²) in [5.41, 5.74) is 0. The molecule has 0 aliphatic carbocycles. The van der Waals surface area contributed by atoms with Crippen molar-refractivity contribution in [3.63, 3.8) is 0 Å². The van der Waals surface area contributed by atoms with Gasteiger partial charge in [0.1, 0.15) is 0 Å². The average Bonchev–Trinajstić information content (AvgIpc) is 2.42. The second-order valence-corrected chi connectivity index (χ2v) is 6.07. The monoisotopic (exact) mass is 279 g/mol. The smallest absolute Gasteiger partial charge is 0.0548 e. The van der Waals surface area contributed by atoms with Crippen LogP contribution in [0.25, 0.3) is 0 Å². The van der Waals surface area contributed by atoms with E-state index in [2.05, 4.69) is 6.92 Å². The fourth-order valence-corrected chi connectivity index (χ4v) is 3.02. The zero-order chi connectivity index (χ0) is 13.9. The molecule has 1 aromatic carbocycles. The van der Waals surface area contributed by atoms with E-state index in [1.807, 2.05) is 30.3 Å². The standard InChI is InChI=1S/C16H24O2S/c1-2-3-4-5-6-10-13-15(16(17)18)19-14-11-8-7-9-12-14/h7-9,11-12,15H,2-6,10,13H2,1H3,(H,17,18)/p-1. The second-order valence-electron chi connectivity index (χ2n) is 4.80. The minimum absolute atomic E-state index is 0.423. The van der Waals surface area contributed by atoms with Crippen LogP contribution >= 0.6 is 11.8 Å². The van der Waals surface area contributed by atoms with Gasteiger partial charge in [-0.15, -0.1) is 11.8 Å². The van der Waals surface area contributed by atoms with Crippen molar-refractivity contribution in [2.45, 2.75) is 62.0 Å². The van der Waals surface area contributed by atoms with Gasteiger partial charge in [-0.05, 0) is 18.6 Å². The Morgan fingerprint density at radius 2 is 1.74 bits per heavy atom. The van der Waals surface area contributed by atoms with E-state index in [-0.39, 0.29) is 0 Å². The number of carbonyl (C=O) groups excluding carboxylic acids is 1. The third kappa shape index (κ3) is 7.26. The van der Waals surface area contributed by atoms with Crippen LogP contribution in [0.15, 0.2) is 35.2 Å². The molecule has 106 valence electrons. The normalized spacial score (nSPS) is 12.3. The SMILES string of the molecule is CCCCCCCCC(Sc1ccccc1)C(=O)[O-]. The molecule has 1 rings (SSSR count).